The van der Waals surface area contributed by atoms with Gasteiger partial charge in [0, 0.05) is 18.0 Å². The smallest absolute Gasteiger partial charge is 0.258 e. The molecule has 0 saturated heterocycles. The molecule has 7 heteroatoms. The first-order valence-corrected chi connectivity index (χ1v) is 7.08. The zero-order valence-electron chi connectivity index (χ0n) is 12.4. The third-order valence-electron chi connectivity index (χ3n) is 3.37. The normalized spacial score (nSPS) is 10.6. The molecule has 0 aliphatic heterocycles. The molecule has 0 atom stereocenters. The van der Waals surface area contributed by atoms with Crippen molar-refractivity contribution in [2.45, 2.75) is 6.61 Å². The lowest BCUT2D eigenvalue weighted by Gasteiger charge is -2.05. The summed E-state index contributed by atoms with van der Waals surface area (Å²) in [5.41, 5.74) is 1.44. The van der Waals surface area contributed by atoms with Crippen molar-refractivity contribution in [2.24, 2.45) is 0 Å². The van der Waals surface area contributed by atoms with Crippen molar-refractivity contribution >= 4 is 11.6 Å². The van der Waals surface area contributed by atoms with Crippen LogP contribution in [0.15, 0.2) is 54.9 Å². The van der Waals surface area contributed by atoms with E-state index in [1.165, 1.54) is 18.5 Å². The van der Waals surface area contributed by atoms with Gasteiger partial charge in [-0.1, -0.05) is 12.1 Å². The van der Waals surface area contributed by atoms with E-state index in [1.54, 1.807) is 24.3 Å². The van der Waals surface area contributed by atoms with Gasteiger partial charge in [0.1, 0.15) is 11.5 Å². The van der Waals surface area contributed by atoms with Crippen LogP contribution in [0.4, 0.5) is 14.5 Å². The topological polar surface area (TPSA) is 67.2 Å². The second-order valence-electron chi connectivity index (χ2n) is 5.08. The van der Waals surface area contributed by atoms with Crippen molar-refractivity contribution in [1.82, 2.24) is 9.78 Å². The van der Waals surface area contributed by atoms with E-state index in [-0.39, 0.29) is 17.9 Å². The maximum absolute atomic E-state index is 13.8. The van der Waals surface area contributed by atoms with E-state index in [1.807, 2.05) is 0 Å². The number of carbonyl (C=O) groups is 1. The lowest BCUT2D eigenvalue weighted by molar-refractivity contribution is 0.102. The number of anilines is 1. The Morgan fingerprint density at radius 2 is 2.04 bits per heavy atom. The van der Waals surface area contributed by atoms with Gasteiger partial charge in [0.2, 0.25) is 0 Å². The predicted molar refractivity (Wildman–Crippen MR) is 83.8 cm³/mol. The third kappa shape index (κ3) is 3.31. The standard InChI is InChI=1S/C17H13F2N3O2/c18-13-4-5-16(15(19)7-13)22-9-12(8-20-22)17(24)21-14-3-1-2-11(6-14)10-23/h1-9,23H,10H2,(H,21,24). The maximum atomic E-state index is 13.8. The number of carbonyl (C=O) groups excluding carboxylic acids is 1. The molecule has 1 aromatic heterocycles. The van der Waals surface area contributed by atoms with Gasteiger partial charge in [0.15, 0.2) is 5.82 Å². The number of amides is 1. The Balaban J connectivity index is 1.80. The van der Waals surface area contributed by atoms with Crippen molar-refractivity contribution in [3.8, 4) is 5.69 Å². The quantitative estimate of drug-likeness (QED) is 0.773. The number of benzene rings is 2. The number of rotatable bonds is 4. The second-order valence-corrected chi connectivity index (χ2v) is 5.08. The van der Waals surface area contributed by atoms with Crippen LogP contribution < -0.4 is 5.32 Å². The Morgan fingerprint density at radius 1 is 1.21 bits per heavy atom. The van der Waals surface area contributed by atoms with Gasteiger partial charge in [0.25, 0.3) is 5.91 Å². The second kappa shape index (κ2) is 6.59. The third-order valence-corrected chi connectivity index (χ3v) is 3.37. The summed E-state index contributed by atoms with van der Waals surface area (Å²) in [6.45, 7) is -0.133. The van der Waals surface area contributed by atoms with E-state index in [0.717, 1.165) is 16.8 Å². The predicted octanol–water partition coefficient (Wildman–Crippen LogP) is 2.90. The van der Waals surface area contributed by atoms with Gasteiger partial charge in [-0.15, -0.1) is 0 Å². The van der Waals surface area contributed by atoms with Crippen LogP contribution in [-0.2, 0) is 6.61 Å². The average Bonchev–Trinajstić information content (AvgIpc) is 3.05. The highest BCUT2D eigenvalue weighted by molar-refractivity contribution is 6.04. The minimum absolute atomic E-state index is 0.0396. The number of aliphatic hydroxyl groups is 1. The first-order chi connectivity index (χ1) is 11.6. The summed E-state index contributed by atoms with van der Waals surface area (Å²) in [6.07, 6.45) is 2.63. The summed E-state index contributed by atoms with van der Waals surface area (Å²) in [5.74, 6) is -1.90. The van der Waals surface area contributed by atoms with Crippen LogP contribution in [0, 0.1) is 11.6 Å². The molecule has 3 aromatic rings. The van der Waals surface area contributed by atoms with E-state index in [4.69, 9.17) is 5.11 Å². The Labute approximate surface area is 136 Å². The van der Waals surface area contributed by atoms with Crippen molar-refractivity contribution in [3.63, 3.8) is 0 Å². The molecule has 0 radical (unpaired) electrons. The molecule has 3 rings (SSSR count). The van der Waals surface area contributed by atoms with Gasteiger partial charge in [-0.05, 0) is 29.8 Å². The van der Waals surface area contributed by atoms with Crippen LogP contribution in [0.3, 0.4) is 0 Å². The number of hydrogen-bond acceptors (Lipinski definition) is 3. The van der Waals surface area contributed by atoms with Gasteiger partial charge in [-0.2, -0.15) is 5.10 Å². The van der Waals surface area contributed by atoms with Gasteiger partial charge in [0.05, 0.1) is 18.4 Å². The summed E-state index contributed by atoms with van der Waals surface area (Å²) >= 11 is 0. The first-order valence-electron chi connectivity index (χ1n) is 7.08. The SMILES string of the molecule is O=C(Nc1cccc(CO)c1)c1cnn(-c2ccc(F)cc2F)c1. The largest absolute Gasteiger partial charge is 0.392 e. The number of nitrogens with zero attached hydrogens (tertiary/aromatic N) is 2. The van der Waals surface area contributed by atoms with Crippen molar-refractivity contribution < 1.29 is 18.7 Å². The highest BCUT2D eigenvalue weighted by Crippen LogP contribution is 2.16. The molecule has 0 spiro atoms. The van der Waals surface area contributed by atoms with Crippen LogP contribution in [0.1, 0.15) is 15.9 Å². The highest BCUT2D eigenvalue weighted by Gasteiger charge is 2.12. The van der Waals surface area contributed by atoms with Gasteiger partial charge in [-0.3, -0.25) is 4.79 Å². The summed E-state index contributed by atoms with van der Waals surface area (Å²) in [6, 6.07) is 9.86. The molecule has 0 aliphatic rings. The van der Waals surface area contributed by atoms with Crippen molar-refractivity contribution in [3.05, 3.63) is 77.6 Å². The van der Waals surface area contributed by atoms with E-state index < -0.39 is 17.5 Å². The molecule has 2 aromatic carbocycles. The zero-order valence-corrected chi connectivity index (χ0v) is 12.4. The van der Waals surface area contributed by atoms with Gasteiger partial charge in [-0.25, -0.2) is 13.5 Å². The number of aromatic nitrogens is 2. The lowest BCUT2D eigenvalue weighted by atomic mass is 10.2. The Bertz CT molecular complexity index is 893. The lowest BCUT2D eigenvalue weighted by Crippen LogP contribution is -2.11. The number of nitrogens with one attached hydrogen (secondary N) is 1. The number of halogens is 2. The zero-order chi connectivity index (χ0) is 17.1. The number of hydrogen-bond donors (Lipinski definition) is 2. The summed E-state index contributed by atoms with van der Waals surface area (Å²) < 4.78 is 27.9. The minimum atomic E-state index is -0.777. The van der Waals surface area contributed by atoms with Gasteiger partial charge < -0.3 is 10.4 Å². The monoisotopic (exact) mass is 329 g/mol. The minimum Gasteiger partial charge on any atom is -0.392 e. The average molecular weight is 329 g/mol. The molecule has 1 amide bonds. The van der Waals surface area contributed by atoms with Crippen LogP contribution in [0.25, 0.3) is 5.69 Å². The maximum Gasteiger partial charge on any atom is 0.258 e. The first kappa shape index (κ1) is 15.8. The van der Waals surface area contributed by atoms with Crippen LogP contribution in [0.2, 0.25) is 0 Å². The van der Waals surface area contributed by atoms with E-state index in [0.29, 0.717) is 11.3 Å². The molecular formula is C17H13F2N3O2. The molecule has 0 fully saturated rings. The van der Waals surface area contributed by atoms with E-state index in [9.17, 15) is 13.6 Å². The van der Waals surface area contributed by atoms with Crippen LogP contribution in [0.5, 0.6) is 0 Å². The molecule has 1 heterocycles. The van der Waals surface area contributed by atoms with Crippen molar-refractivity contribution in [1.29, 1.82) is 0 Å². The summed E-state index contributed by atoms with van der Waals surface area (Å²) in [7, 11) is 0. The Kier molecular flexibility index (Phi) is 4.35. The number of aliphatic hydroxyl groups excluding tert-OH is 1. The molecule has 0 bridgehead atoms. The van der Waals surface area contributed by atoms with Crippen LogP contribution >= 0.6 is 0 Å². The molecule has 24 heavy (non-hydrogen) atoms. The summed E-state index contributed by atoms with van der Waals surface area (Å²) in [5, 5.41) is 15.7. The fraction of sp³-hybridized carbons (Fsp3) is 0.0588. The molecule has 0 saturated carbocycles. The summed E-state index contributed by atoms with van der Waals surface area (Å²) in [4.78, 5) is 12.2. The van der Waals surface area contributed by atoms with Gasteiger partial charge >= 0.3 is 0 Å². The fourth-order valence-corrected chi connectivity index (χ4v) is 2.19. The molecule has 5 nitrogen and oxygen atoms in total. The van der Waals surface area contributed by atoms with E-state index in [2.05, 4.69) is 10.4 Å². The van der Waals surface area contributed by atoms with E-state index >= 15 is 0 Å². The van der Waals surface area contributed by atoms with Crippen LogP contribution in [-0.4, -0.2) is 20.8 Å². The molecule has 2 N–H and O–H groups in total. The Hall–Kier alpha value is -3.06. The molecular weight excluding hydrogens is 316 g/mol. The molecule has 122 valence electrons. The molecule has 0 aliphatic carbocycles. The fourth-order valence-electron chi connectivity index (χ4n) is 2.19. The van der Waals surface area contributed by atoms with Crippen molar-refractivity contribution in [2.75, 3.05) is 5.32 Å². The highest BCUT2D eigenvalue weighted by atomic mass is 19.1. The molecule has 0 unspecified atom stereocenters. The Morgan fingerprint density at radius 3 is 2.79 bits per heavy atom.